The SMILES string of the molecule is CC1CCCC(Sc2cc(F)c(C(=O)O)cc2[N+](=O)[O-])C1. The Kier molecular flexibility index (Phi) is 4.82. The van der Waals surface area contributed by atoms with Crippen molar-refractivity contribution in [3.05, 3.63) is 33.6 Å². The molecule has 0 aliphatic heterocycles. The van der Waals surface area contributed by atoms with E-state index in [-0.39, 0.29) is 15.8 Å². The molecule has 1 aliphatic carbocycles. The van der Waals surface area contributed by atoms with E-state index in [2.05, 4.69) is 6.92 Å². The summed E-state index contributed by atoms with van der Waals surface area (Å²) in [5, 5.41) is 20.2. The molecule has 7 heteroatoms. The Labute approximate surface area is 125 Å². The largest absolute Gasteiger partial charge is 0.478 e. The molecule has 2 unspecified atom stereocenters. The maximum atomic E-state index is 13.8. The molecule has 1 aliphatic rings. The molecule has 2 atom stereocenters. The van der Waals surface area contributed by atoms with Crippen LogP contribution < -0.4 is 0 Å². The van der Waals surface area contributed by atoms with E-state index < -0.39 is 22.3 Å². The molecule has 5 nitrogen and oxygen atoms in total. The first-order chi connectivity index (χ1) is 9.88. The van der Waals surface area contributed by atoms with Gasteiger partial charge in [-0.2, -0.15) is 0 Å². The number of aromatic carboxylic acids is 1. The summed E-state index contributed by atoms with van der Waals surface area (Å²) < 4.78 is 13.8. The molecule has 21 heavy (non-hydrogen) atoms. The second kappa shape index (κ2) is 6.43. The lowest BCUT2D eigenvalue weighted by atomic mass is 9.91. The fraction of sp³-hybridized carbons (Fsp3) is 0.500. The van der Waals surface area contributed by atoms with Crippen LogP contribution in [0.4, 0.5) is 10.1 Å². The van der Waals surface area contributed by atoms with Gasteiger partial charge in [-0.3, -0.25) is 10.1 Å². The van der Waals surface area contributed by atoms with Crippen molar-refractivity contribution in [1.29, 1.82) is 0 Å². The van der Waals surface area contributed by atoms with Crippen molar-refractivity contribution in [2.24, 2.45) is 5.92 Å². The summed E-state index contributed by atoms with van der Waals surface area (Å²) in [6.07, 6.45) is 4.08. The lowest BCUT2D eigenvalue weighted by molar-refractivity contribution is -0.387. The maximum absolute atomic E-state index is 13.8. The number of hydrogen-bond acceptors (Lipinski definition) is 4. The van der Waals surface area contributed by atoms with E-state index in [1.165, 1.54) is 11.8 Å². The molecule has 1 aromatic carbocycles. The number of carboxylic acid groups (broad SMARTS) is 1. The van der Waals surface area contributed by atoms with Gasteiger partial charge in [-0.15, -0.1) is 11.8 Å². The highest BCUT2D eigenvalue weighted by Crippen LogP contribution is 2.40. The summed E-state index contributed by atoms with van der Waals surface area (Å²) in [6.45, 7) is 2.13. The van der Waals surface area contributed by atoms with Gasteiger partial charge in [0.1, 0.15) is 11.4 Å². The van der Waals surface area contributed by atoms with E-state index in [4.69, 9.17) is 5.11 Å². The van der Waals surface area contributed by atoms with E-state index >= 15 is 0 Å². The number of halogens is 1. The molecular weight excluding hydrogens is 297 g/mol. The third-order valence-corrected chi connectivity index (χ3v) is 5.00. The van der Waals surface area contributed by atoms with Crippen molar-refractivity contribution >= 4 is 23.4 Å². The van der Waals surface area contributed by atoms with Gasteiger partial charge in [0.25, 0.3) is 5.69 Å². The van der Waals surface area contributed by atoms with Crippen LogP contribution in [0.25, 0.3) is 0 Å². The fourth-order valence-corrected chi connectivity index (χ4v) is 4.10. The van der Waals surface area contributed by atoms with Crippen molar-refractivity contribution in [3.63, 3.8) is 0 Å². The molecular formula is C14H16FNO4S. The van der Waals surface area contributed by atoms with Gasteiger partial charge in [-0.1, -0.05) is 19.8 Å². The normalized spacial score (nSPS) is 22.0. The van der Waals surface area contributed by atoms with Gasteiger partial charge >= 0.3 is 5.97 Å². The minimum absolute atomic E-state index is 0.210. The van der Waals surface area contributed by atoms with Gasteiger partial charge in [0.05, 0.1) is 9.82 Å². The van der Waals surface area contributed by atoms with E-state index in [0.717, 1.165) is 37.8 Å². The standard InChI is InChI=1S/C14H16FNO4S/c1-8-3-2-4-9(5-8)21-13-7-11(15)10(14(17)18)6-12(13)16(19)20/h6-9H,2-5H2,1H3,(H,17,18). The Morgan fingerprint density at radius 2 is 2.19 bits per heavy atom. The van der Waals surface area contributed by atoms with Crippen molar-refractivity contribution in [2.45, 2.75) is 42.8 Å². The van der Waals surface area contributed by atoms with E-state index in [1.807, 2.05) is 0 Å². The Balaban J connectivity index is 2.31. The van der Waals surface area contributed by atoms with Crippen LogP contribution in [0.3, 0.4) is 0 Å². The van der Waals surface area contributed by atoms with Crippen molar-refractivity contribution < 1.29 is 19.2 Å². The van der Waals surface area contributed by atoms with Gasteiger partial charge in [-0.25, -0.2) is 9.18 Å². The monoisotopic (exact) mass is 313 g/mol. The van der Waals surface area contributed by atoms with Gasteiger partial charge in [0, 0.05) is 11.3 Å². The minimum Gasteiger partial charge on any atom is -0.478 e. The molecule has 1 aromatic rings. The number of carboxylic acids is 1. The summed E-state index contributed by atoms with van der Waals surface area (Å²) in [6, 6.07) is 1.79. The van der Waals surface area contributed by atoms with Crippen LogP contribution in [0.5, 0.6) is 0 Å². The van der Waals surface area contributed by atoms with Gasteiger partial charge in [-0.05, 0) is 24.8 Å². The topological polar surface area (TPSA) is 80.4 Å². The summed E-state index contributed by atoms with van der Waals surface area (Å²) in [4.78, 5) is 21.5. The number of nitro benzene ring substituents is 1. The van der Waals surface area contributed by atoms with Crippen molar-refractivity contribution in [2.75, 3.05) is 0 Å². The van der Waals surface area contributed by atoms with E-state index in [0.29, 0.717) is 5.92 Å². The smallest absolute Gasteiger partial charge is 0.338 e. The van der Waals surface area contributed by atoms with E-state index in [9.17, 15) is 19.3 Å². The van der Waals surface area contributed by atoms with Crippen LogP contribution in [-0.4, -0.2) is 21.2 Å². The van der Waals surface area contributed by atoms with Crippen LogP contribution >= 0.6 is 11.8 Å². The molecule has 0 radical (unpaired) electrons. The molecule has 2 rings (SSSR count). The van der Waals surface area contributed by atoms with Crippen molar-refractivity contribution in [1.82, 2.24) is 0 Å². The highest BCUT2D eigenvalue weighted by molar-refractivity contribution is 8.00. The van der Waals surface area contributed by atoms with E-state index in [1.54, 1.807) is 0 Å². The van der Waals surface area contributed by atoms with Gasteiger partial charge in [0.2, 0.25) is 0 Å². The Bertz CT molecular complexity index is 578. The quantitative estimate of drug-likeness (QED) is 0.668. The predicted octanol–water partition coefficient (Wildman–Crippen LogP) is 4.10. The predicted molar refractivity (Wildman–Crippen MR) is 77.3 cm³/mol. The molecule has 0 bridgehead atoms. The minimum atomic E-state index is -1.50. The average molecular weight is 313 g/mol. The zero-order valence-corrected chi connectivity index (χ0v) is 12.4. The first-order valence-electron chi connectivity index (χ1n) is 6.76. The molecule has 114 valence electrons. The number of thioether (sulfide) groups is 1. The fourth-order valence-electron chi connectivity index (χ4n) is 2.61. The summed E-state index contributed by atoms with van der Waals surface area (Å²) in [5.74, 6) is -1.88. The molecule has 1 fully saturated rings. The highest BCUT2D eigenvalue weighted by Gasteiger charge is 2.26. The van der Waals surface area contributed by atoms with Crippen LogP contribution in [0.2, 0.25) is 0 Å². The number of nitro groups is 1. The Hall–Kier alpha value is -1.63. The Morgan fingerprint density at radius 3 is 2.76 bits per heavy atom. The zero-order chi connectivity index (χ0) is 15.6. The number of carbonyl (C=O) groups is 1. The zero-order valence-electron chi connectivity index (χ0n) is 11.5. The van der Waals surface area contributed by atoms with Crippen molar-refractivity contribution in [3.8, 4) is 0 Å². The molecule has 1 saturated carbocycles. The molecule has 1 N–H and O–H groups in total. The third kappa shape index (κ3) is 3.72. The number of rotatable bonds is 4. The van der Waals surface area contributed by atoms with Crippen LogP contribution in [0, 0.1) is 21.8 Å². The van der Waals surface area contributed by atoms with Crippen LogP contribution in [0.15, 0.2) is 17.0 Å². The molecule has 0 amide bonds. The molecule has 0 heterocycles. The summed E-state index contributed by atoms with van der Waals surface area (Å²) in [5.41, 5.74) is -1.000. The molecule has 0 saturated heterocycles. The molecule has 0 aromatic heterocycles. The molecule has 0 spiro atoms. The lowest BCUT2D eigenvalue weighted by Gasteiger charge is -2.26. The first kappa shape index (κ1) is 15.8. The highest BCUT2D eigenvalue weighted by atomic mass is 32.2. The van der Waals surface area contributed by atoms with Crippen LogP contribution in [0.1, 0.15) is 43.0 Å². The number of nitrogens with zero attached hydrogens (tertiary/aromatic N) is 1. The third-order valence-electron chi connectivity index (χ3n) is 3.66. The summed E-state index contributed by atoms with van der Waals surface area (Å²) in [7, 11) is 0. The summed E-state index contributed by atoms with van der Waals surface area (Å²) >= 11 is 1.28. The first-order valence-corrected chi connectivity index (χ1v) is 7.64. The second-order valence-corrected chi connectivity index (χ2v) is 6.72. The number of hydrogen-bond donors (Lipinski definition) is 1. The average Bonchev–Trinajstić information content (AvgIpc) is 2.37. The van der Waals surface area contributed by atoms with Gasteiger partial charge < -0.3 is 5.11 Å². The second-order valence-electron chi connectivity index (χ2n) is 5.37. The lowest BCUT2D eigenvalue weighted by Crippen LogP contribution is -2.15. The van der Waals surface area contributed by atoms with Crippen LogP contribution in [-0.2, 0) is 0 Å². The maximum Gasteiger partial charge on any atom is 0.338 e. The van der Waals surface area contributed by atoms with Gasteiger partial charge in [0.15, 0.2) is 0 Å². The Morgan fingerprint density at radius 1 is 1.48 bits per heavy atom. The number of benzene rings is 1.